The van der Waals surface area contributed by atoms with E-state index in [9.17, 15) is 9.90 Å². The summed E-state index contributed by atoms with van der Waals surface area (Å²) < 4.78 is 5.02. The number of likely N-dealkylation sites (tertiary alicyclic amines) is 1. The molecule has 2 rings (SSSR count). The van der Waals surface area contributed by atoms with Crippen molar-refractivity contribution in [2.24, 2.45) is 0 Å². The first-order valence-electron chi connectivity index (χ1n) is 4.80. The number of carbonyl (C=O) groups excluding carboxylic acids is 1. The molecule has 1 atom stereocenters. The van der Waals surface area contributed by atoms with Crippen LogP contribution >= 0.6 is 11.3 Å². The molecule has 1 saturated heterocycles. The molecule has 15 heavy (non-hydrogen) atoms. The Bertz CT molecular complexity index is 363. The van der Waals surface area contributed by atoms with E-state index in [0.29, 0.717) is 30.1 Å². The molecule has 0 spiro atoms. The third kappa shape index (κ3) is 2.13. The highest BCUT2D eigenvalue weighted by Crippen LogP contribution is 2.23. The molecule has 0 unspecified atom stereocenters. The maximum Gasteiger partial charge on any atom is 0.264 e. The van der Waals surface area contributed by atoms with E-state index >= 15 is 0 Å². The molecule has 0 saturated carbocycles. The van der Waals surface area contributed by atoms with Gasteiger partial charge in [-0.25, -0.2) is 0 Å². The third-order valence-corrected chi connectivity index (χ3v) is 3.37. The summed E-state index contributed by atoms with van der Waals surface area (Å²) in [6.07, 6.45) is 0.310. The molecule has 0 aromatic carbocycles. The topological polar surface area (TPSA) is 49.8 Å². The van der Waals surface area contributed by atoms with Gasteiger partial charge in [0.15, 0.2) is 0 Å². The van der Waals surface area contributed by atoms with Crippen LogP contribution in [-0.2, 0) is 0 Å². The SMILES string of the molecule is COc1csc(C(=O)N2CC[C@H](O)C2)c1. The summed E-state index contributed by atoms with van der Waals surface area (Å²) in [4.78, 5) is 14.2. The van der Waals surface area contributed by atoms with Crippen LogP contribution in [0.15, 0.2) is 11.4 Å². The maximum absolute atomic E-state index is 11.9. The van der Waals surface area contributed by atoms with Gasteiger partial charge < -0.3 is 14.7 Å². The summed E-state index contributed by atoms with van der Waals surface area (Å²) in [5, 5.41) is 11.1. The molecule has 5 heteroatoms. The lowest BCUT2D eigenvalue weighted by molar-refractivity contribution is 0.0769. The van der Waals surface area contributed by atoms with E-state index < -0.39 is 0 Å². The first kappa shape index (κ1) is 10.4. The van der Waals surface area contributed by atoms with Gasteiger partial charge in [-0.15, -0.1) is 11.3 Å². The van der Waals surface area contributed by atoms with E-state index in [4.69, 9.17) is 4.74 Å². The van der Waals surface area contributed by atoms with Gasteiger partial charge in [0, 0.05) is 24.5 Å². The van der Waals surface area contributed by atoms with Crippen LogP contribution in [-0.4, -0.2) is 42.2 Å². The number of methoxy groups -OCH3 is 1. The van der Waals surface area contributed by atoms with Gasteiger partial charge in [0.05, 0.1) is 18.1 Å². The predicted octanol–water partition coefficient (Wildman–Crippen LogP) is 0.964. The number of aliphatic hydroxyl groups is 1. The molecule has 4 nitrogen and oxygen atoms in total. The number of β-amino-alcohol motifs (C(OH)–C–C–N with tert-alkyl or cyclic N) is 1. The number of rotatable bonds is 2. The van der Waals surface area contributed by atoms with Crippen LogP contribution in [0.5, 0.6) is 5.75 Å². The lowest BCUT2D eigenvalue weighted by Crippen LogP contribution is -2.28. The Labute approximate surface area is 92.1 Å². The smallest absolute Gasteiger partial charge is 0.264 e. The highest BCUT2D eigenvalue weighted by molar-refractivity contribution is 7.12. The van der Waals surface area contributed by atoms with Crippen molar-refractivity contribution >= 4 is 17.2 Å². The van der Waals surface area contributed by atoms with Crippen LogP contribution in [0, 0.1) is 0 Å². The Morgan fingerprint density at radius 1 is 1.73 bits per heavy atom. The number of hydrogen-bond acceptors (Lipinski definition) is 4. The zero-order chi connectivity index (χ0) is 10.8. The van der Waals surface area contributed by atoms with Gasteiger partial charge >= 0.3 is 0 Å². The molecule has 82 valence electrons. The molecular weight excluding hydrogens is 214 g/mol. The van der Waals surface area contributed by atoms with E-state index in [1.54, 1.807) is 23.5 Å². The molecule has 0 aliphatic carbocycles. The minimum Gasteiger partial charge on any atom is -0.496 e. The van der Waals surface area contributed by atoms with Crippen LogP contribution in [0.2, 0.25) is 0 Å². The number of thiophene rings is 1. The van der Waals surface area contributed by atoms with Crippen LogP contribution in [0.4, 0.5) is 0 Å². The Hall–Kier alpha value is -1.07. The largest absolute Gasteiger partial charge is 0.496 e. The molecular formula is C10H13NO3S. The second-order valence-corrected chi connectivity index (χ2v) is 4.46. The van der Waals surface area contributed by atoms with Gasteiger partial charge in [-0.3, -0.25) is 4.79 Å². The number of ether oxygens (including phenoxy) is 1. The minimum atomic E-state index is -0.365. The molecule has 1 aromatic heterocycles. The van der Waals surface area contributed by atoms with E-state index in [1.165, 1.54) is 11.3 Å². The van der Waals surface area contributed by atoms with Gasteiger partial charge in [0.2, 0.25) is 0 Å². The van der Waals surface area contributed by atoms with Gasteiger partial charge in [-0.05, 0) is 6.42 Å². The number of carbonyl (C=O) groups is 1. The molecule has 1 aliphatic heterocycles. The molecule has 1 aromatic rings. The molecule has 1 fully saturated rings. The predicted molar refractivity (Wildman–Crippen MR) is 57.4 cm³/mol. The fraction of sp³-hybridized carbons (Fsp3) is 0.500. The molecule has 1 aliphatic rings. The normalized spacial score (nSPS) is 20.7. The van der Waals surface area contributed by atoms with E-state index in [1.807, 2.05) is 0 Å². The zero-order valence-corrected chi connectivity index (χ0v) is 9.29. The van der Waals surface area contributed by atoms with Crippen LogP contribution in [0.1, 0.15) is 16.1 Å². The summed E-state index contributed by atoms with van der Waals surface area (Å²) in [7, 11) is 1.58. The summed E-state index contributed by atoms with van der Waals surface area (Å²) >= 11 is 1.37. The average molecular weight is 227 g/mol. The third-order valence-electron chi connectivity index (χ3n) is 2.47. The fourth-order valence-electron chi connectivity index (χ4n) is 1.62. The average Bonchev–Trinajstić information content (AvgIpc) is 2.84. The summed E-state index contributed by atoms with van der Waals surface area (Å²) in [6.45, 7) is 1.08. The number of hydrogen-bond donors (Lipinski definition) is 1. The van der Waals surface area contributed by atoms with Crippen molar-refractivity contribution in [1.29, 1.82) is 0 Å². The number of amides is 1. The second-order valence-electron chi connectivity index (χ2n) is 3.54. The van der Waals surface area contributed by atoms with Crippen molar-refractivity contribution in [3.05, 3.63) is 16.3 Å². The molecule has 0 radical (unpaired) electrons. The standard InChI is InChI=1S/C10H13NO3S/c1-14-8-4-9(15-6-8)10(13)11-3-2-7(12)5-11/h4,6-7,12H,2-3,5H2,1H3/t7-/m0/s1. The van der Waals surface area contributed by atoms with Crippen LogP contribution < -0.4 is 4.74 Å². The van der Waals surface area contributed by atoms with Crippen molar-refractivity contribution < 1.29 is 14.6 Å². The quantitative estimate of drug-likeness (QED) is 0.818. The maximum atomic E-state index is 11.9. The van der Waals surface area contributed by atoms with E-state index in [0.717, 1.165) is 0 Å². The van der Waals surface area contributed by atoms with Crippen molar-refractivity contribution in [3.8, 4) is 5.75 Å². The second kappa shape index (κ2) is 4.20. The molecule has 0 bridgehead atoms. The summed E-state index contributed by atoms with van der Waals surface area (Å²) in [6, 6.07) is 1.73. The highest BCUT2D eigenvalue weighted by atomic mass is 32.1. The van der Waals surface area contributed by atoms with E-state index in [-0.39, 0.29) is 12.0 Å². The number of aliphatic hydroxyl groups excluding tert-OH is 1. The fourth-order valence-corrected chi connectivity index (χ4v) is 2.44. The monoisotopic (exact) mass is 227 g/mol. The minimum absolute atomic E-state index is 0.0140. The zero-order valence-electron chi connectivity index (χ0n) is 8.47. The van der Waals surface area contributed by atoms with Gasteiger partial charge in [-0.2, -0.15) is 0 Å². The molecule has 2 heterocycles. The first-order chi connectivity index (χ1) is 7.20. The van der Waals surface area contributed by atoms with Crippen molar-refractivity contribution in [3.63, 3.8) is 0 Å². The van der Waals surface area contributed by atoms with Crippen molar-refractivity contribution in [2.75, 3.05) is 20.2 Å². The van der Waals surface area contributed by atoms with Crippen molar-refractivity contribution in [2.45, 2.75) is 12.5 Å². The van der Waals surface area contributed by atoms with Crippen molar-refractivity contribution in [1.82, 2.24) is 4.90 Å². The van der Waals surface area contributed by atoms with Crippen LogP contribution in [0.25, 0.3) is 0 Å². The summed E-state index contributed by atoms with van der Waals surface area (Å²) in [5.74, 6) is 0.697. The summed E-state index contributed by atoms with van der Waals surface area (Å²) in [5.41, 5.74) is 0. The van der Waals surface area contributed by atoms with E-state index in [2.05, 4.69) is 0 Å². The lowest BCUT2D eigenvalue weighted by Gasteiger charge is -2.13. The Morgan fingerprint density at radius 2 is 2.53 bits per heavy atom. The Kier molecular flexibility index (Phi) is 2.93. The Balaban J connectivity index is 2.07. The van der Waals surface area contributed by atoms with Gasteiger partial charge in [0.25, 0.3) is 5.91 Å². The van der Waals surface area contributed by atoms with Crippen LogP contribution in [0.3, 0.4) is 0 Å². The van der Waals surface area contributed by atoms with Gasteiger partial charge in [-0.1, -0.05) is 0 Å². The number of nitrogens with zero attached hydrogens (tertiary/aromatic N) is 1. The highest BCUT2D eigenvalue weighted by Gasteiger charge is 2.26. The Morgan fingerprint density at radius 3 is 3.07 bits per heavy atom. The molecule has 1 N–H and O–H groups in total. The lowest BCUT2D eigenvalue weighted by atomic mass is 10.3. The molecule has 1 amide bonds. The first-order valence-corrected chi connectivity index (χ1v) is 5.68. The van der Waals surface area contributed by atoms with Gasteiger partial charge in [0.1, 0.15) is 5.75 Å².